The van der Waals surface area contributed by atoms with Crippen molar-refractivity contribution in [1.29, 1.82) is 0 Å². The molecule has 0 heterocycles. The lowest BCUT2D eigenvalue weighted by Crippen LogP contribution is -2.63. The Morgan fingerprint density at radius 2 is 1.56 bits per heavy atom. The highest BCUT2D eigenvalue weighted by Crippen LogP contribution is 2.73. The molecule has 296 valence electrons. The summed E-state index contributed by atoms with van der Waals surface area (Å²) in [5.41, 5.74) is 1.50. The number of ketones is 1. The maximum atomic E-state index is 14.0. The van der Waals surface area contributed by atoms with Gasteiger partial charge in [0.2, 0.25) is 0 Å². The molecule has 1 amide bonds. The predicted octanol–water partition coefficient (Wildman–Crippen LogP) is 8.49. The molecule has 0 aromatic heterocycles. The fourth-order valence-corrected chi connectivity index (χ4v) is 13.1. The smallest absolute Gasteiger partial charge is 0.394 e. The molecular weight excluding hydrogens is 682 g/mol. The second-order valence-electron chi connectivity index (χ2n) is 19.8. The first-order chi connectivity index (χ1) is 25.2. The number of carboxylic acids is 2. The summed E-state index contributed by atoms with van der Waals surface area (Å²) in [6.07, 6.45) is 8.37. The van der Waals surface area contributed by atoms with Crippen molar-refractivity contribution in [1.82, 2.24) is 4.90 Å². The van der Waals surface area contributed by atoms with Gasteiger partial charge in [-0.25, -0.2) is 4.79 Å². The van der Waals surface area contributed by atoms with Gasteiger partial charge in [0.25, 0.3) is 0 Å². The second kappa shape index (κ2) is 14.2. The zero-order valence-electron chi connectivity index (χ0n) is 33.8. The van der Waals surface area contributed by atoms with Crippen molar-refractivity contribution in [3.05, 3.63) is 47.0 Å². The topological polar surface area (TPSA) is 138 Å². The van der Waals surface area contributed by atoms with E-state index in [2.05, 4.69) is 41.5 Å². The molecule has 54 heavy (non-hydrogen) atoms. The van der Waals surface area contributed by atoms with Crippen LogP contribution in [0.2, 0.25) is 0 Å². The number of carbonyl (C=O) groups is 5. The minimum absolute atomic E-state index is 0.0507. The van der Waals surface area contributed by atoms with Crippen molar-refractivity contribution in [2.75, 3.05) is 6.54 Å². The molecule has 1 aromatic carbocycles. The molecule has 9 heteroatoms. The lowest BCUT2D eigenvalue weighted by molar-refractivity contribution is -0.214. The summed E-state index contributed by atoms with van der Waals surface area (Å²) in [4.78, 5) is 65.3. The van der Waals surface area contributed by atoms with Crippen LogP contribution in [0.15, 0.2) is 41.5 Å². The molecule has 8 unspecified atom stereocenters. The van der Waals surface area contributed by atoms with Crippen molar-refractivity contribution >= 4 is 29.6 Å². The highest BCUT2D eigenvalue weighted by Gasteiger charge is 2.66. The molecule has 8 atom stereocenters. The van der Waals surface area contributed by atoms with E-state index in [1.807, 2.05) is 30.3 Å². The normalized spacial score (nSPS) is 34.3. The molecule has 0 radical (unpaired) electrons. The third-order valence-electron chi connectivity index (χ3n) is 15.7. The zero-order valence-corrected chi connectivity index (χ0v) is 33.8. The summed E-state index contributed by atoms with van der Waals surface area (Å²) in [6.45, 7) is 17.4. The Morgan fingerprint density at radius 3 is 2.19 bits per heavy atom. The van der Waals surface area contributed by atoms with E-state index < -0.39 is 29.2 Å². The summed E-state index contributed by atoms with van der Waals surface area (Å²) in [6, 6.07) is 9.50. The summed E-state index contributed by atoms with van der Waals surface area (Å²) in [5.74, 6) is -1.95. The fourth-order valence-electron chi connectivity index (χ4n) is 13.1. The monoisotopic (exact) mass is 745 g/mol. The average molecular weight is 746 g/mol. The first-order valence-corrected chi connectivity index (χ1v) is 20.4. The Kier molecular flexibility index (Phi) is 10.6. The summed E-state index contributed by atoms with van der Waals surface area (Å²) < 4.78 is 6.14. The number of allylic oxidation sites excluding steroid dienone is 2. The van der Waals surface area contributed by atoms with E-state index in [1.54, 1.807) is 13.8 Å². The van der Waals surface area contributed by atoms with Crippen molar-refractivity contribution in [2.24, 2.45) is 56.7 Å². The van der Waals surface area contributed by atoms with Gasteiger partial charge in [0.05, 0.1) is 11.8 Å². The molecule has 5 aliphatic rings. The van der Waals surface area contributed by atoms with E-state index in [1.165, 1.54) is 10.5 Å². The average Bonchev–Trinajstić information content (AvgIpc) is 3.40. The Morgan fingerprint density at radius 1 is 0.889 bits per heavy atom. The minimum atomic E-state index is -1.46. The van der Waals surface area contributed by atoms with Gasteiger partial charge in [0, 0.05) is 30.3 Å². The number of hydrogen-bond donors (Lipinski definition) is 2. The van der Waals surface area contributed by atoms with Gasteiger partial charge in [-0.2, -0.15) is 0 Å². The Bertz CT molecular complexity index is 1710. The zero-order chi connectivity index (χ0) is 39.6. The van der Waals surface area contributed by atoms with E-state index in [4.69, 9.17) is 4.74 Å². The lowest BCUT2D eigenvalue weighted by Gasteiger charge is -2.69. The summed E-state index contributed by atoms with van der Waals surface area (Å²) in [7, 11) is 0. The van der Waals surface area contributed by atoms with Crippen LogP contribution in [-0.2, 0) is 35.3 Å². The molecule has 2 N–H and O–H groups in total. The summed E-state index contributed by atoms with van der Waals surface area (Å²) in [5, 5.41) is 19.4. The van der Waals surface area contributed by atoms with Gasteiger partial charge in [-0.3, -0.25) is 19.2 Å². The third-order valence-corrected chi connectivity index (χ3v) is 15.7. The van der Waals surface area contributed by atoms with Crippen molar-refractivity contribution < 1.29 is 38.9 Å². The summed E-state index contributed by atoms with van der Waals surface area (Å²) >= 11 is 0. The minimum Gasteiger partial charge on any atom is -0.481 e. The largest absolute Gasteiger partial charge is 0.481 e. The molecule has 0 saturated heterocycles. The van der Waals surface area contributed by atoms with E-state index in [0.29, 0.717) is 30.6 Å². The predicted molar refractivity (Wildman–Crippen MR) is 205 cm³/mol. The SMILES string of the molecule is CC(C)C1=C2C3CCC4C(C)(CCC5C(C)(C)C(OC(=O)CC(C)(C)C(=O)O)CCC54C)C3CCC2(CCN(Cc2ccccc2)C(=O)C(=O)O)CC1=O. The van der Waals surface area contributed by atoms with Crippen LogP contribution in [0.3, 0.4) is 0 Å². The van der Waals surface area contributed by atoms with Crippen LogP contribution in [0.1, 0.15) is 132 Å². The number of Topliss-reactive ketones (excluding diaryl/α,β-unsaturated/α-hetero) is 1. The molecule has 0 bridgehead atoms. The van der Waals surface area contributed by atoms with Crippen molar-refractivity contribution in [3.63, 3.8) is 0 Å². The fraction of sp³-hybridized carbons (Fsp3) is 0.711. The Hall–Kier alpha value is -3.49. The molecule has 4 saturated carbocycles. The van der Waals surface area contributed by atoms with Crippen LogP contribution in [0.25, 0.3) is 0 Å². The van der Waals surface area contributed by atoms with Gasteiger partial charge in [-0.05, 0) is 123 Å². The molecule has 6 rings (SSSR count). The number of esters is 1. The highest BCUT2D eigenvalue weighted by molar-refractivity contribution is 6.31. The number of amides is 1. The number of rotatable bonds is 10. The quantitative estimate of drug-likeness (QED) is 0.180. The second-order valence-corrected chi connectivity index (χ2v) is 19.8. The van der Waals surface area contributed by atoms with Crippen LogP contribution in [0.4, 0.5) is 0 Å². The van der Waals surface area contributed by atoms with E-state index in [0.717, 1.165) is 62.5 Å². The van der Waals surface area contributed by atoms with Gasteiger partial charge in [-0.1, -0.05) is 77.4 Å². The van der Waals surface area contributed by atoms with Crippen LogP contribution < -0.4 is 0 Å². The van der Waals surface area contributed by atoms with E-state index in [-0.39, 0.29) is 64.9 Å². The molecule has 0 aliphatic heterocycles. The number of ether oxygens (including phenoxy) is 1. The standard InChI is InChI=1S/C45H63NO8/c1-27(2)36-31(47)24-45(22-23-46(38(49)39(50)51)26-28-12-10-9-11-13-28)21-16-30-29(37(36)45)14-15-33-43(30,7)19-17-32-42(5,6)34(18-20-44(32,33)8)54-35(48)25-41(3,4)40(52)53/h9-13,27,29-30,32-34H,14-26H2,1-8H3,(H,50,51)(H,52,53). The number of carbonyl (C=O) groups excluding carboxylic acids is 3. The lowest BCUT2D eigenvalue weighted by atomic mass is 9.36. The maximum absolute atomic E-state index is 14.0. The Labute approximate surface area is 321 Å². The first kappa shape index (κ1) is 40.2. The molecule has 0 spiro atoms. The van der Waals surface area contributed by atoms with E-state index >= 15 is 0 Å². The number of nitrogens with zero attached hydrogens (tertiary/aromatic N) is 1. The van der Waals surface area contributed by atoms with Crippen molar-refractivity contribution in [2.45, 2.75) is 139 Å². The number of fused-ring (bicyclic) bond motifs is 7. The molecule has 9 nitrogen and oxygen atoms in total. The number of benzene rings is 1. The highest BCUT2D eigenvalue weighted by atomic mass is 16.5. The van der Waals surface area contributed by atoms with Gasteiger partial charge in [0.15, 0.2) is 5.78 Å². The number of carboxylic acid groups (broad SMARTS) is 2. The molecule has 5 aliphatic carbocycles. The van der Waals surface area contributed by atoms with Crippen LogP contribution in [0.5, 0.6) is 0 Å². The maximum Gasteiger partial charge on any atom is 0.394 e. The number of hydrogen-bond acceptors (Lipinski definition) is 6. The molecule has 1 aromatic rings. The van der Waals surface area contributed by atoms with Gasteiger partial charge in [0.1, 0.15) is 6.10 Å². The van der Waals surface area contributed by atoms with Gasteiger partial charge in [-0.15, -0.1) is 0 Å². The number of aliphatic carboxylic acids is 2. The Balaban J connectivity index is 1.25. The molecular formula is C45H63NO8. The van der Waals surface area contributed by atoms with Gasteiger partial charge < -0.3 is 19.8 Å². The van der Waals surface area contributed by atoms with Crippen LogP contribution in [0, 0.1) is 56.7 Å². The van der Waals surface area contributed by atoms with Crippen LogP contribution >= 0.6 is 0 Å². The van der Waals surface area contributed by atoms with E-state index in [9.17, 15) is 34.2 Å². The molecule has 4 fully saturated rings. The van der Waals surface area contributed by atoms with Crippen LogP contribution in [-0.4, -0.2) is 57.4 Å². The van der Waals surface area contributed by atoms with Crippen molar-refractivity contribution in [3.8, 4) is 0 Å². The third kappa shape index (κ3) is 6.73. The first-order valence-electron chi connectivity index (χ1n) is 20.4. The van der Waals surface area contributed by atoms with Gasteiger partial charge >= 0.3 is 23.8 Å².